The molecule has 1 aromatic heterocycles. The number of aryl methyl sites for hydroxylation is 1. The lowest BCUT2D eigenvalue weighted by Gasteiger charge is -2.36. The number of hydrogen-bond donors (Lipinski definition) is 2. The molecule has 5 rings (SSSR count). The predicted octanol–water partition coefficient (Wildman–Crippen LogP) is 3.05. The van der Waals surface area contributed by atoms with E-state index in [0.717, 1.165) is 24.5 Å². The number of halogens is 1. The van der Waals surface area contributed by atoms with E-state index in [2.05, 4.69) is 20.1 Å². The van der Waals surface area contributed by atoms with Crippen molar-refractivity contribution in [3.8, 4) is 0 Å². The third-order valence-corrected chi connectivity index (χ3v) is 7.26. The third kappa shape index (κ3) is 4.38. The predicted molar refractivity (Wildman–Crippen MR) is 125 cm³/mol. The Morgan fingerprint density at radius 1 is 1.03 bits per heavy atom. The quantitative estimate of drug-likeness (QED) is 0.591. The fraction of sp³-hybridized carbons (Fsp3) is 0.261. The molecule has 3 aromatic rings. The fourth-order valence-electron chi connectivity index (χ4n) is 4.09. The maximum Gasteiger partial charge on any atom is 0.335 e. The second kappa shape index (κ2) is 8.78. The van der Waals surface area contributed by atoms with Crippen LogP contribution in [0, 0.1) is 5.82 Å². The zero-order valence-electron chi connectivity index (χ0n) is 17.7. The molecule has 170 valence electrons. The Labute approximate surface area is 192 Å². The van der Waals surface area contributed by atoms with Gasteiger partial charge in [0.2, 0.25) is 5.95 Å². The van der Waals surface area contributed by atoms with Crippen LogP contribution >= 0.6 is 0 Å². The van der Waals surface area contributed by atoms with Crippen molar-refractivity contribution >= 4 is 39.9 Å². The molecular weight excluding hydrogens is 445 g/mol. The number of carbonyl (C=O) groups is 1. The van der Waals surface area contributed by atoms with Crippen LogP contribution in [0.15, 0.2) is 53.4 Å². The average Bonchev–Trinajstić information content (AvgIpc) is 3.20. The third-order valence-electron chi connectivity index (χ3n) is 5.81. The molecule has 8 nitrogen and oxygen atoms in total. The number of anilines is 4. The van der Waals surface area contributed by atoms with Crippen LogP contribution in [0.1, 0.15) is 16.1 Å². The maximum absolute atomic E-state index is 13.7. The van der Waals surface area contributed by atoms with Crippen molar-refractivity contribution in [1.29, 1.82) is 0 Å². The van der Waals surface area contributed by atoms with E-state index >= 15 is 0 Å². The Kier molecular flexibility index (Phi) is 5.67. The molecule has 2 aliphatic heterocycles. The first-order valence-electron chi connectivity index (χ1n) is 10.6. The first-order valence-corrected chi connectivity index (χ1v) is 11.9. The van der Waals surface area contributed by atoms with Crippen LogP contribution < -0.4 is 15.1 Å². The van der Waals surface area contributed by atoms with Gasteiger partial charge in [0.05, 0.1) is 22.1 Å². The van der Waals surface area contributed by atoms with Crippen molar-refractivity contribution in [3.05, 3.63) is 65.6 Å². The van der Waals surface area contributed by atoms with E-state index in [1.165, 1.54) is 12.1 Å². The standard InChI is InChI=1S/C23H22FN5O3S/c24-16-2-1-3-17(14-16)25-21-20-19(8-13-33(20)32)26-23(27-21)29-11-9-28(10-12-29)18-6-4-15(5-7-18)22(30)31/h1-7,14H,8-13H2,(H,30,31)(H,25,26,27). The van der Waals surface area contributed by atoms with E-state index in [4.69, 9.17) is 10.1 Å². The van der Waals surface area contributed by atoms with Crippen molar-refractivity contribution in [3.63, 3.8) is 0 Å². The van der Waals surface area contributed by atoms with Gasteiger partial charge in [-0.05, 0) is 42.5 Å². The first kappa shape index (κ1) is 21.3. The summed E-state index contributed by atoms with van der Waals surface area (Å²) in [5.74, 6) is 0.227. The van der Waals surface area contributed by atoms with Gasteiger partial charge in [-0.3, -0.25) is 4.21 Å². The number of rotatable bonds is 5. The molecule has 33 heavy (non-hydrogen) atoms. The highest BCUT2D eigenvalue weighted by molar-refractivity contribution is 7.85. The summed E-state index contributed by atoms with van der Waals surface area (Å²) in [4.78, 5) is 25.3. The van der Waals surface area contributed by atoms with Gasteiger partial charge < -0.3 is 20.2 Å². The minimum absolute atomic E-state index is 0.264. The van der Waals surface area contributed by atoms with Gasteiger partial charge in [-0.1, -0.05) is 6.07 Å². The van der Waals surface area contributed by atoms with E-state index < -0.39 is 16.8 Å². The number of carboxylic acid groups (broad SMARTS) is 1. The van der Waals surface area contributed by atoms with E-state index in [-0.39, 0.29) is 11.4 Å². The molecular formula is C23H22FN5O3S. The highest BCUT2D eigenvalue weighted by Gasteiger charge is 2.28. The Bertz CT molecular complexity index is 1230. The summed E-state index contributed by atoms with van der Waals surface area (Å²) in [6.45, 7) is 2.82. The molecule has 1 fully saturated rings. The topological polar surface area (TPSA) is 98.7 Å². The molecule has 0 aliphatic carbocycles. The second-order valence-corrected chi connectivity index (χ2v) is 9.42. The number of piperazine rings is 1. The van der Waals surface area contributed by atoms with Gasteiger partial charge >= 0.3 is 5.97 Å². The highest BCUT2D eigenvalue weighted by Crippen LogP contribution is 2.32. The average molecular weight is 468 g/mol. The zero-order chi connectivity index (χ0) is 22.9. The van der Waals surface area contributed by atoms with Gasteiger partial charge in [-0.2, -0.15) is 4.98 Å². The van der Waals surface area contributed by atoms with Crippen molar-refractivity contribution in [2.75, 3.05) is 47.0 Å². The lowest BCUT2D eigenvalue weighted by Crippen LogP contribution is -2.47. The van der Waals surface area contributed by atoms with Gasteiger partial charge in [0.1, 0.15) is 10.7 Å². The Balaban J connectivity index is 1.35. The van der Waals surface area contributed by atoms with Crippen molar-refractivity contribution in [2.24, 2.45) is 0 Å². The molecule has 0 bridgehead atoms. The van der Waals surface area contributed by atoms with E-state index in [9.17, 15) is 13.4 Å². The van der Waals surface area contributed by atoms with Crippen molar-refractivity contribution in [1.82, 2.24) is 9.97 Å². The molecule has 0 saturated carbocycles. The van der Waals surface area contributed by atoms with E-state index in [1.54, 1.807) is 24.3 Å². The van der Waals surface area contributed by atoms with Gasteiger partial charge in [0.15, 0.2) is 5.82 Å². The van der Waals surface area contributed by atoms with Crippen LogP contribution in [-0.2, 0) is 17.2 Å². The number of nitrogens with zero attached hydrogens (tertiary/aromatic N) is 4. The number of benzene rings is 2. The number of nitrogens with one attached hydrogen (secondary N) is 1. The Hall–Kier alpha value is -3.53. The number of aromatic nitrogens is 2. The lowest BCUT2D eigenvalue weighted by molar-refractivity contribution is 0.0697. The largest absolute Gasteiger partial charge is 0.478 e. The van der Waals surface area contributed by atoms with Crippen LogP contribution in [0.4, 0.5) is 27.5 Å². The Morgan fingerprint density at radius 2 is 1.76 bits per heavy atom. The van der Waals surface area contributed by atoms with Crippen LogP contribution in [0.2, 0.25) is 0 Å². The molecule has 2 aliphatic rings. The molecule has 2 aromatic carbocycles. The molecule has 3 heterocycles. The molecule has 0 spiro atoms. The highest BCUT2D eigenvalue weighted by atomic mass is 32.2. The summed E-state index contributed by atoms with van der Waals surface area (Å²) in [7, 11) is -1.19. The maximum atomic E-state index is 13.7. The van der Waals surface area contributed by atoms with Crippen LogP contribution in [0.3, 0.4) is 0 Å². The summed E-state index contributed by atoms with van der Waals surface area (Å²) in [5.41, 5.74) is 2.54. The normalized spacial score (nSPS) is 17.7. The van der Waals surface area contributed by atoms with Crippen LogP contribution in [-0.4, -0.2) is 57.2 Å². The summed E-state index contributed by atoms with van der Waals surface area (Å²) in [5, 5.41) is 12.2. The molecule has 0 radical (unpaired) electrons. The number of aromatic carboxylic acids is 1. The van der Waals surface area contributed by atoms with Crippen LogP contribution in [0.25, 0.3) is 0 Å². The van der Waals surface area contributed by atoms with E-state index in [0.29, 0.717) is 47.6 Å². The van der Waals surface area contributed by atoms with Gasteiger partial charge in [0, 0.05) is 49.7 Å². The summed E-state index contributed by atoms with van der Waals surface area (Å²) >= 11 is 0. The Morgan fingerprint density at radius 3 is 2.45 bits per heavy atom. The summed E-state index contributed by atoms with van der Waals surface area (Å²) < 4.78 is 26.2. The van der Waals surface area contributed by atoms with E-state index in [1.807, 2.05) is 12.1 Å². The van der Waals surface area contributed by atoms with Gasteiger partial charge in [0.25, 0.3) is 0 Å². The molecule has 2 N–H and O–H groups in total. The minimum Gasteiger partial charge on any atom is -0.478 e. The SMILES string of the molecule is O=C(O)c1ccc(N2CCN(c3nc4c(c(Nc5cccc(F)c5)n3)S(=O)CC4)CC2)cc1. The molecule has 0 amide bonds. The summed E-state index contributed by atoms with van der Waals surface area (Å²) in [6, 6.07) is 13.0. The van der Waals surface area contributed by atoms with Crippen LogP contribution in [0.5, 0.6) is 0 Å². The fourth-order valence-corrected chi connectivity index (χ4v) is 5.40. The monoisotopic (exact) mass is 467 g/mol. The molecule has 1 saturated heterocycles. The minimum atomic E-state index is -1.19. The first-order chi connectivity index (χ1) is 16.0. The second-order valence-electron chi connectivity index (χ2n) is 7.91. The molecule has 1 atom stereocenters. The molecule has 10 heteroatoms. The number of hydrogen-bond acceptors (Lipinski definition) is 7. The number of fused-ring (bicyclic) bond motifs is 1. The van der Waals surface area contributed by atoms with Crippen molar-refractivity contribution in [2.45, 2.75) is 11.3 Å². The smallest absolute Gasteiger partial charge is 0.335 e. The lowest BCUT2D eigenvalue weighted by atomic mass is 10.2. The summed E-state index contributed by atoms with van der Waals surface area (Å²) in [6.07, 6.45) is 0.616. The van der Waals surface area contributed by atoms with Gasteiger partial charge in [-0.15, -0.1) is 0 Å². The number of carboxylic acids is 1. The molecule has 1 unspecified atom stereocenters. The van der Waals surface area contributed by atoms with Gasteiger partial charge in [-0.25, -0.2) is 14.2 Å². The van der Waals surface area contributed by atoms with Crippen molar-refractivity contribution < 1.29 is 18.5 Å². The zero-order valence-corrected chi connectivity index (χ0v) is 18.5.